The Labute approximate surface area is 191 Å². The number of amides is 1. The standard InChI is InChI=1S/C26H24N2O5/c1-16-10-11-21(33-3)19(13-16)24(29)22-23(18-8-4-5-9-20(18)32-2)28(26(31)25(22)30)15-17-7-6-12-27-14-17/h4-14,23,29H,15H2,1-3H3/b24-22+. The van der Waals surface area contributed by atoms with Crippen LogP contribution in [0.15, 0.2) is 72.6 Å². The molecule has 7 heteroatoms. The molecule has 1 atom stereocenters. The fourth-order valence-corrected chi connectivity index (χ4v) is 4.10. The van der Waals surface area contributed by atoms with Crippen LogP contribution >= 0.6 is 0 Å². The quantitative estimate of drug-likeness (QED) is 0.351. The van der Waals surface area contributed by atoms with Crippen LogP contribution in [0.25, 0.3) is 5.76 Å². The third-order valence-corrected chi connectivity index (χ3v) is 5.66. The van der Waals surface area contributed by atoms with Gasteiger partial charge in [0.15, 0.2) is 0 Å². The molecule has 4 rings (SSSR count). The van der Waals surface area contributed by atoms with Gasteiger partial charge in [-0.05, 0) is 36.8 Å². The van der Waals surface area contributed by atoms with E-state index in [9.17, 15) is 14.7 Å². The van der Waals surface area contributed by atoms with Crippen LogP contribution in [-0.2, 0) is 16.1 Å². The monoisotopic (exact) mass is 444 g/mol. The lowest BCUT2D eigenvalue weighted by molar-refractivity contribution is -0.140. The Morgan fingerprint density at radius 3 is 2.48 bits per heavy atom. The number of hydrogen-bond donors (Lipinski definition) is 1. The van der Waals surface area contributed by atoms with Crippen molar-refractivity contribution in [3.8, 4) is 11.5 Å². The second-order valence-corrected chi connectivity index (χ2v) is 7.73. The summed E-state index contributed by atoms with van der Waals surface area (Å²) in [5, 5.41) is 11.4. The minimum Gasteiger partial charge on any atom is -0.507 e. The number of ether oxygens (including phenoxy) is 2. The van der Waals surface area contributed by atoms with E-state index in [-0.39, 0.29) is 17.9 Å². The van der Waals surface area contributed by atoms with Crippen molar-refractivity contribution in [1.29, 1.82) is 0 Å². The van der Waals surface area contributed by atoms with E-state index in [2.05, 4.69) is 4.98 Å². The number of pyridine rings is 1. The molecule has 1 aliphatic heterocycles. The van der Waals surface area contributed by atoms with Crippen molar-refractivity contribution in [1.82, 2.24) is 9.88 Å². The van der Waals surface area contributed by atoms with Gasteiger partial charge in [-0.1, -0.05) is 35.9 Å². The van der Waals surface area contributed by atoms with Gasteiger partial charge >= 0.3 is 0 Å². The molecule has 0 radical (unpaired) electrons. The number of aryl methyl sites for hydroxylation is 1. The number of para-hydroxylation sites is 1. The summed E-state index contributed by atoms with van der Waals surface area (Å²) in [7, 11) is 3.01. The lowest BCUT2D eigenvalue weighted by Crippen LogP contribution is -2.29. The van der Waals surface area contributed by atoms with E-state index in [0.717, 1.165) is 11.1 Å². The van der Waals surface area contributed by atoms with Gasteiger partial charge in [0.25, 0.3) is 11.7 Å². The predicted molar refractivity (Wildman–Crippen MR) is 123 cm³/mol. The summed E-state index contributed by atoms with van der Waals surface area (Å²) >= 11 is 0. The molecule has 2 aromatic carbocycles. The van der Waals surface area contributed by atoms with E-state index in [1.54, 1.807) is 54.9 Å². The van der Waals surface area contributed by atoms with Crippen LogP contribution in [0, 0.1) is 6.92 Å². The molecule has 0 aliphatic carbocycles. The summed E-state index contributed by atoms with van der Waals surface area (Å²) in [6, 6.07) is 15.2. The number of carbonyl (C=O) groups is 2. The number of Topliss-reactive ketones (excluding diaryl/α,β-unsaturated/α-hetero) is 1. The minimum atomic E-state index is -0.855. The van der Waals surface area contributed by atoms with Crippen molar-refractivity contribution in [3.05, 3.63) is 94.8 Å². The molecule has 168 valence electrons. The van der Waals surface area contributed by atoms with Crippen LogP contribution in [0.4, 0.5) is 0 Å². The number of hydrogen-bond acceptors (Lipinski definition) is 6. The van der Waals surface area contributed by atoms with Crippen molar-refractivity contribution in [2.75, 3.05) is 14.2 Å². The van der Waals surface area contributed by atoms with Gasteiger partial charge in [0.1, 0.15) is 17.3 Å². The maximum Gasteiger partial charge on any atom is 0.295 e. The van der Waals surface area contributed by atoms with Gasteiger partial charge in [-0.25, -0.2) is 0 Å². The molecule has 1 N–H and O–H groups in total. The van der Waals surface area contributed by atoms with E-state index in [4.69, 9.17) is 9.47 Å². The molecule has 3 aromatic rings. The summed E-state index contributed by atoms with van der Waals surface area (Å²) in [5.74, 6) is -0.865. The second-order valence-electron chi connectivity index (χ2n) is 7.73. The van der Waals surface area contributed by atoms with E-state index in [1.807, 2.05) is 19.1 Å². The van der Waals surface area contributed by atoms with E-state index >= 15 is 0 Å². The van der Waals surface area contributed by atoms with E-state index in [0.29, 0.717) is 22.6 Å². The molecule has 0 saturated carbocycles. The highest BCUT2D eigenvalue weighted by molar-refractivity contribution is 6.46. The zero-order valence-corrected chi connectivity index (χ0v) is 18.6. The minimum absolute atomic E-state index is 0.0164. The van der Waals surface area contributed by atoms with Crippen LogP contribution < -0.4 is 9.47 Å². The van der Waals surface area contributed by atoms with Gasteiger partial charge < -0.3 is 19.5 Å². The number of aliphatic hydroxyl groups is 1. The largest absolute Gasteiger partial charge is 0.507 e. The first kappa shape index (κ1) is 22.1. The van der Waals surface area contributed by atoms with Crippen molar-refractivity contribution < 1.29 is 24.2 Å². The number of likely N-dealkylation sites (tertiary alicyclic amines) is 1. The van der Waals surface area contributed by atoms with Crippen molar-refractivity contribution in [2.24, 2.45) is 0 Å². The van der Waals surface area contributed by atoms with Crippen LogP contribution in [0.5, 0.6) is 11.5 Å². The van der Waals surface area contributed by atoms with Gasteiger partial charge in [-0.15, -0.1) is 0 Å². The van der Waals surface area contributed by atoms with Crippen molar-refractivity contribution in [2.45, 2.75) is 19.5 Å². The molecule has 7 nitrogen and oxygen atoms in total. The molecule has 33 heavy (non-hydrogen) atoms. The van der Waals surface area contributed by atoms with Crippen molar-refractivity contribution >= 4 is 17.4 Å². The summed E-state index contributed by atoms with van der Waals surface area (Å²) < 4.78 is 10.9. The average molecular weight is 444 g/mol. The predicted octanol–water partition coefficient (Wildman–Crippen LogP) is 4.03. The van der Waals surface area contributed by atoms with E-state index < -0.39 is 17.7 Å². The fourth-order valence-electron chi connectivity index (χ4n) is 4.10. The van der Waals surface area contributed by atoms with Crippen molar-refractivity contribution in [3.63, 3.8) is 0 Å². The topological polar surface area (TPSA) is 89.0 Å². The number of rotatable bonds is 6. The summed E-state index contributed by atoms with van der Waals surface area (Å²) in [5.41, 5.74) is 2.55. The zero-order valence-electron chi connectivity index (χ0n) is 18.6. The number of nitrogens with zero attached hydrogens (tertiary/aromatic N) is 2. The Balaban J connectivity index is 1.95. The first-order valence-electron chi connectivity index (χ1n) is 10.4. The Morgan fingerprint density at radius 2 is 1.79 bits per heavy atom. The molecular formula is C26H24N2O5. The van der Waals surface area contributed by atoms with Gasteiger partial charge in [-0.3, -0.25) is 14.6 Å². The molecule has 1 aromatic heterocycles. The van der Waals surface area contributed by atoms with Gasteiger partial charge in [0.05, 0.1) is 31.4 Å². The Morgan fingerprint density at radius 1 is 1.03 bits per heavy atom. The van der Waals surface area contributed by atoms with Crippen LogP contribution in [0.2, 0.25) is 0 Å². The Hall–Kier alpha value is -4.13. The fraction of sp³-hybridized carbons (Fsp3) is 0.192. The number of carbonyl (C=O) groups excluding carboxylic acids is 2. The highest BCUT2D eigenvalue weighted by Crippen LogP contribution is 2.44. The molecule has 1 unspecified atom stereocenters. The molecule has 1 aliphatic rings. The average Bonchev–Trinajstić information content (AvgIpc) is 3.09. The number of aromatic nitrogens is 1. The first-order chi connectivity index (χ1) is 16.0. The maximum atomic E-state index is 13.3. The highest BCUT2D eigenvalue weighted by atomic mass is 16.5. The number of ketones is 1. The molecule has 0 bridgehead atoms. The first-order valence-corrected chi connectivity index (χ1v) is 10.4. The molecule has 1 fully saturated rings. The molecule has 1 saturated heterocycles. The van der Waals surface area contributed by atoms with Gasteiger partial charge in [0, 0.05) is 24.5 Å². The van der Waals surface area contributed by atoms with Crippen LogP contribution in [-0.4, -0.2) is 40.9 Å². The summed E-state index contributed by atoms with van der Waals surface area (Å²) in [6.45, 7) is 2.01. The second kappa shape index (κ2) is 9.16. The Bertz CT molecular complexity index is 1240. The van der Waals surface area contributed by atoms with E-state index in [1.165, 1.54) is 19.1 Å². The number of aliphatic hydroxyl groups excluding tert-OH is 1. The SMILES string of the molecule is COc1ccc(C)cc1/C(O)=C1\C(=O)C(=O)N(Cc2cccnc2)C1c1ccccc1OC. The lowest BCUT2D eigenvalue weighted by atomic mass is 9.93. The van der Waals surface area contributed by atoms with Crippen LogP contribution in [0.3, 0.4) is 0 Å². The van der Waals surface area contributed by atoms with Gasteiger partial charge in [-0.2, -0.15) is 0 Å². The third kappa shape index (κ3) is 4.05. The third-order valence-electron chi connectivity index (χ3n) is 5.66. The smallest absolute Gasteiger partial charge is 0.295 e. The molecular weight excluding hydrogens is 420 g/mol. The molecule has 2 heterocycles. The molecule has 0 spiro atoms. The normalized spacial score (nSPS) is 17.3. The van der Waals surface area contributed by atoms with Crippen LogP contribution in [0.1, 0.15) is 28.3 Å². The summed E-state index contributed by atoms with van der Waals surface area (Å²) in [4.78, 5) is 32.0. The number of methoxy groups -OCH3 is 2. The lowest BCUT2D eigenvalue weighted by Gasteiger charge is -2.26. The Kier molecular flexibility index (Phi) is 6.13. The molecule has 1 amide bonds. The summed E-state index contributed by atoms with van der Waals surface area (Å²) in [6.07, 6.45) is 3.28. The van der Waals surface area contributed by atoms with Gasteiger partial charge in [0.2, 0.25) is 0 Å². The number of benzene rings is 2. The zero-order chi connectivity index (χ0) is 23.5. The maximum absolute atomic E-state index is 13.3. The highest BCUT2D eigenvalue weighted by Gasteiger charge is 2.47.